The summed E-state index contributed by atoms with van der Waals surface area (Å²) in [5, 5.41) is 1.28. The molecule has 0 radical (unpaired) electrons. The summed E-state index contributed by atoms with van der Waals surface area (Å²) in [5.41, 5.74) is 5.26. The molecule has 1 aromatic rings. The van der Waals surface area contributed by atoms with Gasteiger partial charge in [-0.25, -0.2) is 4.99 Å². The molecule has 1 rings (SSSR count). The second-order valence-electron chi connectivity index (χ2n) is 7.47. The normalized spacial score (nSPS) is 12.4. The number of nitrogens with zero attached hydrogens (tertiary/aromatic N) is 1. The van der Waals surface area contributed by atoms with Gasteiger partial charge < -0.3 is 0 Å². The highest BCUT2D eigenvalue weighted by Crippen LogP contribution is 2.23. The molecule has 0 aliphatic heterocycles. The van der Waals surface area contributed by atoms with Crippen LogP contribution in [-0.2, 0) is 0 Å². The number of aryl methyl sites for hydroxylation is 1. The van der Waals surface area contributed by atoms with Crippen LogP contribution in [0.2, 0.25) is 25.7 Å². The summed E-state index contributed by atoms with van der Waals surface area (Å²) in [6, 6.07) is 9.83. The summed E-state index contributed by atoms with van der Waals surface area (Å²) in [4.78, 5) is 4.91. The van der Waals surface area contributed by atoms with E-state index in [0.717, 1.165) is 17.9 Å². The molecule has 0 amide bonds. The van der Waals surface area contributed by atoms with E-state index in [2.05, 4.69) is 71.6 Å². The van der Waals surface area contributed by atoms with Crippen LogP contribution in [0.5, 0.6) is 0 Å². The van der Waals surface area contributed by atoms with Crippen molar-refractivity contribution in [1.29, 1.82) is 0 Å². The summed E-state index contributed by atoms with van der Waals surface area (Å²) >= 11 is 1.91. The fourth-order valence-electron chi connectivity index (χ4n) is 1.74. The Hall–Kier alpha value is -0.803. The van der Waals surface area contributed by atoms with E-state index in [-0.39, 0.29) is 0 Å². The summed E-state index contributed by atoms with van der Waals surface area (Å²) in [6.45, 7) is 16.0. The maximum atomic E-state index is 4.91. The van der Waals surface area contributed by atoms with E-state index in [4.69, 9.17) is 4.99 Å². The molecule has 122 valence electrons. The molecule has 0 aromatic heterocycles. The zero-order chi connectivity index (χ0) is 16.8. The molecule has 0 aliphatic carbocycles. The van der Waals surface area contributed by atoms with Gasteiger partial charge in [0.05, 0.1) is 10.7 Å². The van der Waals surface area contributed by atoms with E-state index in [1.54, 1.807) is 0 Å². The van der Waals surface area contributed by atoms with E-state index in [1.807, 2.05) is 11.8 Å². The highest BCUT2D eigenvalue weighted by molar-refractivity contribution is 8.14. The lowest BCUT2D eigenvalue weighted by Gasteiger charge is -2.16. The molecular weight excluding hydrogens is 302 g/mol. The van der Waals surface area contributed by atoms with E-state index < -0.39 is 8.07 Å². The molecule has 0 atom stereocenters. The van der Waals surface area contributed by atoms with Crippen LogP contribution in [0.1, 0.15) is 32.8 Å². The molecule has 0 aliphatic rings. The third kappa shape index (κ3) is 8.00. The lowest BCUT2D eigenvalue weighted by atomic mass is 10.2. The third-order valence-electron chi connectivity index (χ3n) is 3.69. The Morgan fingerprint density at radius 3 is 2.14 bits per heavy atom. The maximum Gasteiger partial charge on any atom is 0.0738 e. The van der Waals surface area contributed by atoms with Gasteiger partial charge in [0.25, 0.3) is 0 Å². The number of thioether (sulfide) groups is 1. The van der Waals surface area contributed by atoms with Gasteiger partial charge in [-0.05, 0) is 46.2 Å². The SMILES string of the molecule is CC(C)=C(C)CSC(CC[Si](C)(C)C)=Nc1ccc(C)cc1. The summed E-state index contributed by atoms with van der Waals surface area (Å²) in [7, 11) is -1.03. The van der Waals surface area contributed by atoms with E-state index in [1.165, 1.54) is 27.8 Å². The fraction of sp³-hybridized carbons (Fsp3) is 0.526. The van der Waals surface area contributed by atoms with Crippen LogP contribution >= 0.6 is 11.8 Å². The molecule has 0 N–H and O–H groups in total. The summed E-state index contributed by atoms with van der Waals surface area (Å²) < 4.78 is 0. The highest BCUT2D eigenvalue weighted by atomic mass is 32.2. The van der Waals surface area contributed by atoms with Crippen LogP contribution in [0, 0.1) is 6.92 Å². The first-order valence-electron chi connectivity index (χ1n) is 8.07. The monoisotopic (exact) mass is 333 g/mol. The van der Waals surface area contributed by atoms with Crippen molar-refractivity contribution < 1.29 is 0 Å². The highest BCUT2D eigenvalue weighted by Gasteiger charge is 2.14. The van der Waals surface area contributed by atoms with Crippen LogP contribution in [-0.4, -0.2) is 18.9 Å². The molecule has 3 heteroatoms. The molecule has 0 bridgehead atoms. The number of hydrogen-bond donors (Lipinski definition) is 0. The van der Waals surface area contributed by atoms with Gasteiger partial charge in [-0.1, -0.05) is 54.5 Å². The number of allylic oxidation sites excluding steroid dienone is 1. The van der Waals surface area contributed by atoms with Crippen molar-refractivity contribution in [2.45, 2.75) is 59.8 Å². The van der Waals surface area contributed by atoms with Gasteiger partial charge in [-0.2, -0.15) is 0 Å². The topological polar surface area (TPSA) is 12.4 Å². The Kier molecular flexibility index (Phi) is 7.64. The largest absolute Gasteiger partial charge is 0.247 e. The zero-order valence-electron chi connectivity index (χ0n) is 15.3. The Morgan fingerprint density at radius 1 is 1.05 bits per heavy atom. The van der Waals surface area contributed by atoms with Crippen LogP contribution in [0.25, 0.3) is 0 Å². The second kappa shape index (κ2) is 8.73. The molecule has 0 fully saturated rings. The quantitative estimate of drug-likeness (QED) is 0.240. The van der Waals surface area contributed by atoms with Crippen molar-refractivity contribution in [3.63, 3.8) is 0 Å². The van der Waals surface area contributed by atoms with Crippen LogP contribution in [0.3, 0.4) is 0 Å². The Bertz CT molecular complexity index is 532. The predicted molar refractivity (Wildman–Crippen MR) is 108 cm³/mol. The number of rotatable bonds is 6. The van der Waals surface area contributed by atoms with Gasteiger partial charge >= 0.3 is 0 Å². The number of aliphatic imine (C=N–C) groups is 1. The average molecular weight is 334 g/mol. The first-order chi connectivity index (χ1) is 10.2. The fourth-order valence-corrected chi connectivity index (χ4v) is 4.00. The van der Waals surface area contributed by atoms with E-state index in [9.17, 15) is 0 Å². The first kappa shape index (κ1) is 19.2. The van der Waals surface area contributed by atoms with Gasteiger partial charge in [-0.3, -0.25) is 0 Å². The van der Waals surface area contributed by atoms with Gasteiger partial charge in [0.1, 0.15) is 0 Å². The van der Waals surface area contributed by atoms with Crippen molar-refractivity contribution in [1.82, 2.24) is 0 Å². The molecule has 0 saturated heterocycles. The van der Waals surface area contributed by atoms with E-state index in [0.29, 0.717) is 0 Å². The van der Waals surface area contributed by atoms with Crippen LogP contribution < -0.4 is 0 Å². The second-order valence-corrected chi connectivity index (χ2v) is 14.1. The molecule has 0 spiro atoms. The smallest absolute Gasteiger partial charge is 0.0738 e. The Morgan fingerprint density at radius 2 is 1.64 bits per heavy atom. The van der Waals surface area contributed by atoms with Gasteiger partial charge in [0, 0.05) is 13.8 Å². The Balaban J connectivity index is 2.85. The van der Waals surface area contributed by atoms with E-state index >= 15 is 0 Å². The van der Waals surface area contributed by atoms with Crippen molar-refractivity contribution in [3.05, 3.63) is 41.0 Å². The third-order valence-corrected chi connectivity index (χ3v) is 6.64. The molecule has 22 heavy (non-hydrogen) atoms. The lowest BCUT2D eigenvalue weighted by Crippen LogP contribution is -2.20. The minimum atomic E-state index is -1.03. The predicted octanol–water partition coefficient (Wildman–Crippen LogP) is 6.84. The standard InChI is InChI=1S/C19H31NSSi/c1-15(2)17(4)14-21-19(12-13-22(5,6)7)20-18-10-8-16(3)9-11-18/h8-11H,12-14H2,1-7H3. The molecule has 0 heterocycles. The maximum absolute atomic E-state index is 4.91. The van der Waals surface area contributed by atoms with Crippen molar-refractivity contribution in [2.75, 3.05) is 5.75 Å². The van der Waals surface area contributed by atoms with Crippen LogP contribution in [0.4, 0.5) is 5.69 Å². The minimum Gasteiger partial charge on any atom is -0.247 e. The first-order valence-corrected chi connectivity index (χ1v) is 12.8. The number of benzene rings is 1. The van der Waals surface area contributed by atoms with Gasteiger partial charge in [-0.15, -0.1) is 11.8 Å². The van der Waals surface area contributed by atoms with Crippen molar-refractivity contribution in [2.24, 2.45) is 4.99 Å². The molecular formula is C19H31NSSi. The van der Waals surface area contributed by atoms with Gasteiger partial charge in [0.15, 0.2) is 0 Å². The van der Waals surface area contributed by atoms with Crippen molar-refractivity contribution in [3.8, 4) is 0 Å². The van der Waals surface area contributed by atoms with Crippen molar-refractivity contribution >= 4 is 30.6 Å². The lowest BCUT2D eigenvalue weighted by molar-refractivity contribution is 1.22. The molecule has 1 nitrogen and oxygen atoms in total. The Labute approximate surface area is 142 Å². The molecule has 0 saturated carbocycles. The molecule has 0 unspecified atom stereocenters. The number of hydrogen-bond acceptors (Lipinski definition) is 2. The zero-order valence-corrected chi connectivity index (χ0v) is 17.1. The summed E-state index contributed by atoms with van der Waals surface area (Å²) in [6.07, 6.45) is 1.12. The average Bonchev–Trinajstić information content (AvgIpc) is 2.42. The van der Waals surface area contributed by atoms with Crippen LogP contribution in [0.15, 0.2) is 40.4 Å². The molecule has 1 aromatic carbocycles. The van der Waals surface area contributed by atoms with Gasteiger partial charge in [0.2, 0.25) is 0 Å². The minimum absolute atomic E-state index is 1.03. The summed E-state index contributed by atoms with van der Waals surface area (Å²) in [5.74, 6) is 1.05.